The Bertz CT molecular complexity index is 703. The van der Waals surface area contributed by atoms with Crippen molar-refractivity contribution in [3.63, 3.8) is 0 Å². The van der Waals surface area contributed by atoms with E-state index in [4.69, 9.17) is 16.7 Å². The topological polar surface area (TPSA) is 49.3 Å². The largest absolute Gasteiger partial charge is 0.384 e. The third-order valence-electron chi connectivity index (χ3n) is 2.35. The quantitative estimate of drug-likeness (QED) is 0.837. The molecular weight excluding hydrogens is 301 g/mol. The van der Waals surface area contributed by atoms with Crippen molar-refractivity contribution in [1.82, 2.24) is 0 Å². The van der Waals surface area contributed by atoms with Gasteiger partial charge in [-0.25, -0.2) is 4.39 Å². The highest BCUT2D eigenvalue weighted by Crippen LogP contribution is 2.24. The molecule has 20 heavy (non-hydrogen) atoms. The molecule has 0 fully saturated rings. The minimum Gasteiger partial charge on any atom is -0.384 e. The minimum atomic E-state index is -0.490. The van der Waals surface area contributed by atoms with E-state index < -0.39 is 11.7 Å². The number of halogens is 2. The molecule has 2 aromatic rings. The Morgan fingerprint density at radius 3 is 3.00 bits per heavy atom. The van der Waals surface area contributed by atoms with Crippen LogP contribution in [0.5, 0.6) is 0 Å². The number of thiophene rings is 1. The highest BCUT2D eigenvalue weighted by Gasteiger charge is 2.14. The molecule has 0 aliphatic rings. The summed E-state index contributed by atoms with van der Waals surface area (Å²) in [6.45, 7) is -0.285. The second-order valence-electron chi connectivity index (χ2n) is 3.70. The zero-order chi connectivity index (χ0) is 14.5. The molecule has 1 heterocycles. The normalized spacial score (nSPS) is 9.75. The van der Waals surface area contributed by atoms with Gasteiger partial charge in [-0.1, -0.05) is 23.4 Å². The first-order valence-electron chi connectivity index (χ1n) is 5.55. The molecule has 2 N–H and O–H groups in total. The van der Waals surface area contributed by atoms with Crippen LogP contribution in [0.15, 0.2) is 29.6 Å². The number of hydrogen-bond donors (Lipinski definition) is 2. The van der Waals surface area contributed by atoms with E-state index in [1.807, 2.05) is 0 Å². The fourth-order valence-corrected chi connectivity index (χ4v) is 2.40. The van der Waals surface area contributed by atoms with E-state index in [9.17, 15) is 9.18 Å². The lowest BCUT2D eigenvalue weighted by molar-refractivity contribution is 0.103. The van der Waals surface area contributed by atoms with Gasteiger partial charge in [-0.05, 0) is 29.6 Å². The summed E-state index contributed by atoms with van der Waals surface area (Å²) in [7, 11) is 0. The average Bonchev–Trinajstić information content (AvgIpc) is 2.89. The molecule has 1 amide bonds. The second-order valence-corrected chi connectivity index (χ2v) is 5.02. The summed E-state index contributed by atoms with van der Waals surface area (Å²) in [5.41, 5.74) is 0.709. The molecule has 0 unspecified atom stereocenters. The van der Waals surface area contributed by atoms with E-state index in [0.717, 1.165) is 6.07 Å². The zero-order valence-corrected chi connectivity index (χ0v) is 11.7. The number of hydrogen-bond acceptors (Lipinski definition) is 3. The zero-order valence-electron chi connectivity index (χ0n) is 10.1. The van der Waals surface area contributed by atoms with Crippen LogP contribution in [0.2, 0.25) is 5.02 Å². The summed E-state index contributed by atoms with van der Waals surface area (Å²) in [5, 5.41) is 13.2. The molecule has 1 aromatic carbocycles. The van der Waals surface area contributed by atoms with Gasteiger partial charge in [-0.15, -0.1) is 11.3 Å². The number of nitrogens with one attached hydrogen (secondary N) is 1. The molecule has 0 bridgehead atoms. The highest BCUT2D eigenvalue weighted by molar-refractivity contribution is 7.12. The van der Waals surface area contributed by atoms with Gasteiger partial charge in [0.25, 0.3) is 5.91 Å². The summed E-state index contributed by atoms with van der Waals surface area (Å²) >= 11 is 7.09. The first-order valence-corrected chi connectivity index (χ1v) is 6.81. The van der Waals surface area contributed by atoms with Crippen LogP contribution in [0.25, 0.3) is 0 Å². The van der Waals surface area contributed by atoms with Crippen LogP contribution in [0.1, 0.15) is 15.2 Å². The van der Waals surface area contributed by atoms with E-state index in [2.05, 4.69) is 17.2 Å². The highest BCUT2D eigenvalue weighted by atomic mass is 35.5. The lowest BCUT2D eigenvalue weighted by Crippen LogP contribution is -2.12. The summed E-state index contributed by atoms with van der Waals surface area (Å²) in [5.74, 6) is 4.24. The molecule has 102 valence electrons. The Morgan fingerprint density at radius 2 is 2.25 bits per heavy atom. The van der Waals surface area contributed by atoms with Crippen molar-refractivity contribution in [2.24, 2.45) is 0 Å². The standard InChI is InChI=1S/C14H9ClFNO2S/c15-11-4-3-10(16)8-12(11)17-14(19)13-9(2-1-6-18)5-7-20-13/h3-5,7-8,18H,6H2,(H,17,19). The Morgan fingerprint density at radius 1 is 1.45 bits per heavy atom. The Balaban J connectivity index is 2.24. The minimum absolute atomic E-state index is 0.200. The number of benzene rings is 1. The van der Waals surface area contributed by atoms with Gasteiger partial charge in [0.05, 0.1) is 10.7 Å². The summed E-state index contributed by atoms with van der Waals surface area (Å²) in [6, 6.07) is 5.40. The van der Waals surface area contributed by atoms with Crippen LogP contribution in [-0.2, 0) is 0 Å². The predicted octanol–water partition coefficient (Wildman–Crippen LogP) is 3.14. The van der Waals surface area contributed by atoms with Gasteiger partial charge in [0.15, 0.2) is 0 Å². The fourth-order valence-electron chi connectivity index (χ4n) is 1.49. The van der Waals surface area contributed by atoms with Crippen molar-refractivity contribution in [1.29, 1.82) is 0 Å². The van der Waals surface area contributed by atoms with Crippen molar-refractivity contribution in [3.8, 4) is 11.8 Å². The number of carbonyl (C=O) groups is 1. The van der Waals surface area contributed by atoms with E-state index in [1.54, 1.807) is 11.4 Å². The predicted molar refractivity (Wildman–Crippen MR) is 77.6 cm³/mol. The number of aliphatic hydroxyl groups is 1. The summed E-state index contributed by atoms with van der Waals surface area (Å²) in [4.78, 5) is 12.5. The lowest BCUT2D eigenvalue weighted by atomic mass is 10.2. The number of amides is 1. The molecule has 2 rings (SSSR count). The third-order valence-corrected chi connectivity index (χ3v) is 3.59. The monoisotopic (exact) mass is 309 g/mol. The molecule has 3 nitrogen and oxygen atoms in total. The van der Waals surface area contributed by atoms with Crippen molar-refractivity contribution in [2.45, 2.75) is 0 Å². The van der Waals surface area contributed by atoms with Crippen LogP contribution in [0.4, 0.5) is 10.1 Å². The number of aliphatic hydroxyl groups excluding tert-OH is 1. The smallest absolute Gasteiger partial charge is 0.267 e. The molecular formula is C14H9ClFNO2S. The maximum absolute atomic E-state index is 13.1. The van der Waals surface area contributed by atoms with Gasteiger partial charge < -0.3 is 10.4 Å². The SMILES string of the molecule is O=C(Nc1cc(F)ccc1Cl)c1sccc1C#CCO. The van der Waals surface area contributed by atoms with Gasteiger partial charge in [-0.2, -0.15) is 0 Å². The molecule has 0 spiro atoms. The first kappa shape index (κ1) is 14.5. The molecule has 0 radical (unpaired) electrons. The van der Waals surface area contributed by atoms with Gasteiger partial charge in [0.1, 0.15) is 17.3 Å². The maximum Gasteiger partial charge on any atom is 0.267 e. The number of carbonyl (C=O) groups excluding carboxylic acids is 1. The molecule has 0 saturated carbocycles. The Kier molecular flexibility index (Phi) is 4.74. The van der Waals surface area contributed by atoms with E-state index in [1.165, 1.54) is 23.5 Å². The van der Waals surface area contributed by atoms with Crippen LogP contribution in [0, 0.1) is 17.7 Å². The number of anilines is 1. The molecule has 0 aliphatic heterocycles. The lowest BCUT2D eigenvalue weighted by Gasteiger charge is -2.06. The van der Waals surface area contributed by atoms with E-state index in [-0.39, 0.29) is 17.3 Å². The Hall–Kier alpha value is -1.87. The van der Waals surface area contributed by atoms with Gasteiger partial charge >= 0.3 is 0 Å². The van der Waals surface area contributed by atoms with E-state index >= 15 is 0 Å². The third kappa shape index (κ3) is 3.36. The average molecular weight is 310 g/mol. The van der Waals surface area contributed by atoms with Crippen LogP contribution in [0.3, 0.4) is 0 Å². The van der Waals surface area contributed by atoms with Crippen LogP contribution in [-0.4, -0.2) is 17.6 Å². The van der Waals surface area contributed by atoms with E-state index in [0.29, 0.717) is 10.4 Å². The molecule has 1 aromatic heterocycles. The summed E-state index contributed by atoms with van der Waals surface area (Å²) < 4.78 is 13.1. The summed E-state index contributed by atoms with van der Waals surface area (Å²) in [6.07, 6.45) is 0. The number of rotatable bonds is 2. The van der Waals surface area contributed by atoms with Crippen molar-refractivity contribution in [3.05, 3.63) is 50.9 Å². The van der Waals surface area contributed by atoms with Gasteiger partial charge in [0, 0.05) is 5.56 Å². The molecule has 6 heteroatoms. The van der Waals surface area contributed by atoms with Gasteiger partial charge in [-0.3, -0.25) is 4.79 Å². The van der Waals surface area contributed by atoms with Crippen molar-refractivity contribution >= 4 is 34.5 Å². The fraction of sp³-hybridized carbons (Fsp3) is 0.0714. The van der Waals surface area contributed by atoms with Crippen molar-refractivity contribution in [2.75, 3.05) is 11.9 Å². The Labute approximate surface area is 124 Å². The van der Waals surface area contributed by atoms with Gasteiger partial charge in [0.2, 0.25) is 0 Å². The second kappa shape index (κ2) is 6.53. The molecule has 0 atom stereocenters. The molecule has 0 saturated heterocycles. The maximum atomic E-state index is 13.1. The van der Waals surface area contributed by atoms with Crippen LogP contribution >= 0.6 is 22.9 Å². The van der Waals surface area contributed by atoms with Crippen molar-refractivity contribution < 1.29 is 14.3 Å². The first-order chi connectivity index (χ1) is 9.61. The van der Waals surface area contributed by atoms with Crippen LogP contribution < -0.4 is 5.32 Å². The molecule has 0 aliphatic carbocycles.